The minimum atomic E-state index is -0.409. The molecule has 0 fully saturated rings. The average Bonchev–Trinajstić information content (AvgIpc) is 2.46. The van der Waals surface area contributed by atoms with Gasteiger partial charge >= 0.3 is 5.97 Å². The zero-order valence-corrected chi connectivity index (χ0v) is 9.36. The molecule has 15 heavy (non-hydrogen) atoms. The standard InChI is InChI=1S/C10H17N3O2/c1-4-15-10(14)9-8(11)5-12-13(9)6-7(2)3/h5,7H,4,6,11H2,1-3H3. The first-order valence-corrected chi connectivity index (χ1v) is 5.04. The lowest BCUT2D eigenvalue weighted by molar-refractivity contribution is 0.0512. The second-order valence-electron chi connectivity index (χ2n) is 3.74. The molecule has 0 aliphatic rings. The summed E-state index contributed by atoms with van der Waals surface area (Å²) in [5.74, 6) is -0.00868. The van der Waals surface area contributed by atoms with Crippen LogP contribution in [0.2, 0.25) is 0 Å². The van der Waals surface area contributed by atoms with E-state index in [2.05, 4.69) is 5.10 Å². The highest BCUT2D eigenvalue weighted by Crippen LogP contribution is 2.13. The Hall–Kier alpha value is -1.52. The Morgan fingerprint density at radius 3 is 2.87 bits per heavy atom. The molecule has 5 heteroatoms. The first-order chi connectivity index (χ1) is 7.06. The molecule has 0 spiro atoms. The fourth-order valence-corrected chi connectivity index (χ4v) is 1.31. The van der Waals surface area contributed by atoms with Crippen molar-refractivity contribution < 1.29 is 9.53 Å². The lowest BCUT2D eigenvalue weighted by Crippen LogP contribution is -2.17. The molecule has 0 saturated heterocycles. The van der Waals surface area contributed by atoms with Crippen LogP contribution >= 0.6 is 0 Å². The van der Waals surface area contributed by atoms with Gasteiger partial charge in [0.2, 0.25) is 0 Å². The second-order valence-corrected chi connectivity index (χ2v) is 3.74. The zero-order chi connectivity index (χ0) is 11.4. The Balaban J connectivity index is 2.93. The Morgan fingerprint density at radius 1 is 1.67 bits per heavy atom. The van der Waals surface area contributed by atoms with Gasteiger partial charge in [-0.2, -0.15) is 5.10 Å². The molecule has 1 rings (SSSR count). The number of carbonyl (C=O) groups is 1. The third-order valence-electron chi connectivity index (χ3n) is 1.87. The van der Waals surface area contributed by atoms with Gasteiger partial charge in [0.15, 0.2) is 5.69 Å². The Labute approximate surface area is 89.2 Å². The number of ether oxygens (including phenoxy) is 1. The van der Waals surface area contributed by atoms with Gasteiger partial charge in [0.25, 0.3) is 0 Å². The highest BCUT2D eigenvalue weighted by Gasteiger charge is 2.18. The predicted octanol–water partition coefficient (Wildman–Crippen LogP) is 1.30. The molecule has 5 nitrogen and oxygen atoms in total. The number of hydrogen-bond donors (Lipinski definition) is 1. The maximum absolute atomic E-state index is 11.6. The summed E-state index contributed by atoms with van der Waals surface area (Å²) < 4.78 is 6.50. The zero-order valence-electron chi connectivity index (χ0n) is 9.36. The topological polar surface area (TPSA) is 70.1 Å². The van der Waals surface area contributed by atoms with Gasteiger partial charge in [0, 0.05) is 6.54 Å². The van der Waals surface area contributed by atoms with Crippen LogP contribution in [0.3, 0.4) is 0 Å². The van der Waals surface area contributed by atoms with Gasteiger partial charge in [0.1, 0.15) is 0 Å². The average molecular weight is 211 g/mol. The van der Waals surface area contributed by atoms with E-state index in [1.54, 1.807) is 11.6 Å². The molecule has 0 aliphatic carbocycles. The summed E-state index contributed by atoms with van der Waals surface area (Å²) in [7, 11) is 0. The Kier molecular flexibility index (Phi) is 3.71. The molecule has 0 amide bonds. The molecule has 2 N–H and O–H groups in total. The number of anilines is 1. The molecule has 1 heterocycles. The van der Waals surface area contributed by atoms with Crippen LogP contribution in [0.15, 0.2) is 6.20 Å². The summed E-state index contributed by atoms with van der Waals surface area (Å²) in [6.07, 6.45) is 1.48. The minimum absolute atomic E-state index is 0.338. The van der Waals surface area contributed by atoms with Crippen molar-refractivity contribution in [3.63, 3.8) is 0 Å². The van der Waals surface area contributed by atoms with Crippen LogP contribution in [-0.4, -0.2) is 22.4 Å². The van der Waals surface area contributed by atoms with Gasteiger partial charge in [-0.1, -0.05) is 13.8 Å². The third-order valence-corrected chi connectivity index (χ3v) is 1.87. The summed E-state index contributed by atoms with van der Waals surface area (Å²) in [5.41, 5.74) is 6.39. The monoisotopic (exact) mass is 211 g/mol. The van der Waals surface area contributed by atoms with Gasteiger partial charge < -0.3 is 10.5 Å². The molecule has 1 aromatic rings. The van der Waals surface area contributed by atoms with Crippen LogP contribution in [0.4, 0.5) is 5.69 Å². The highest BCUT2D eigenvalue weighted by atomic mass is 16.5. The number of esters is 1. The molecule has 0 aliphatic heterocycles. The fraction of sp³-hybridized carbons (Fsp3) is 0.600. The first-order valence-electron chi connectivity index (χ1n) is 5.04. The molecular formula is C10H17N3O2. The summed E-state index contributed by atoms with van der Waals surface area (Å²) >= 11 is 0. The molecule has 0 atom stereocenters. The summed E-state index contributed by atoms with van der Waals surface area (Å²) in [5, 5.41) is 4.05. The van der Waals surface area contributed by atoms with Crippen molar-refractivity contribution in [2.24, 2.45) is 5.92 Å². The lowest BCUT2D eigenvalue weighted by atomic mass is 10.2. The van der Waals surface area contributed by atoms with Gasteiger partial charge in [0.05, 0.1) is 18.5 Å². The van der Waals surface area contributed by atoms with Crippen molar-refractivity contribution in [2.45, 2.75) is 27.3 Å². The van der Waals surface area contributed by atoms with Crippen LogP contribution in [0, 0.1) is 5.92 Å². The quantitative estimate of drug-likeness (QED) is 0.762. The molecule has 1 aromatic heterocycles. The number of aromatic nitrogens is 2. The molecule has 84 valence electrons. The van der Waals surface area contributed by atoms with Gasteiger partial charge in [-0.15, -0.1) is 0 Å². The van der Waals surface area contributed by atoms with E-state index in [-0.39, 0.29) is 0 Å². The van der Waals surface area contributed by atoms with Crippen molar-refractivity contribution >= 4 is 11.7 Å². The van der Waals surface area contributed by atoms with Gasteiger partial charge in [-0.05, 0) is 12.8 Å². The smallest absolute Gasteiger partial charge is 0.358 e. The van der Waals surface area contributed by atoms with Crippen molar-refractivity contribution in [3.05, 3.63) is 11.9 Å². The number of hydrogen-bond acceptors (Lipinski definition) is 4. The van der Waals surface area contributed by atoms with Crippen LogP contribution in [0.25, 0.3) is 0 Å². The summed E-state index contributed by atoms with van der Waals surface area (Å²) in [6.45, 7) is 6.85. The second kappa shape index (κ2) is 4.82. The van der Waals surface area contributed by atoms with Crippen LogP contribution < -0.4 is 5.73 Å². The molecular weight excluding hydrogens is 194 g/mol. The number of nitrogen functional groups attached to an aromatic ring is 1. The van der Waals surface area contributed by atoms with E-state index in [9.17, 15) is 4.79 Å². The number of rotatable bonds is 4. The normalized spacial score (nSPS) is 10.7. The van der Waals surface area contributed by atoms with E-state index in [1.807, 2.05) is 13.8 Å². The predicted molar refractivity (Wildman–Crippen MR) is 57.4 cm³/mol. The van der Waals surface area contributed by atoms with Crippen molar-refractivity contribution in [1.29, 1.82) is 0 Å². The van der Waals surface area contributed by atoms with E-state index < -0.39 is 5.97 Å². The van der Waals surface area contributed by atoms with Gasteiger partial charge in [-0.25, -0.2) is 4.79 Å². The summed E-state index contributed by atoms with van der Waals surface area (Å²) in [6, 6.07) is 0. The molecule has 0 saturated carbocycles. The fourth-order valence-electron chi connectivity index (χ4n) is 1.31. The maximum atomic E-state index is 11.6. The Morgan fingerprint density at radius 2 is 2.33 bits per heavy atom. The third kappa shape index (κ3) is 2.71. The van der Waals surface area contributed by atoms with E-state index in [0.717, 1.165) is 0 Å². The van der Waals surface area contributed by atoms with E-state index in [4.69, 9.17) is 10.5 Å². The maximum Gasteiger partial charge on any atom is 0.358 e. The highest BCUT2D eigenvalue weighted by molar-refractivity contribution is 5.93. The SMILES string of the molecule is CCOC(=O)c1c(N)cnn1CC(C)C. The van der Waals surface area contributed by atoms with Crippen molar-refractivity contribution in [3.8, 4) is 0 Å². The van der Waals surface area contributed by atoms with Crippen molar-refractivity contribution in [2.75, 3.05) is 12.3 Å². The molecule has 0 unspecified atom stereocenters. The van der Waals surface area contributed by atoms with E-state index >= 15 is 0 Å². The molecule has 0 aromatic carbocycles. The van der Waals surface area contributed by atoms with Crippen molar-refractivity contribution in [1.82, 2.24) is 9.78 Å². The molecule has 0 bridgehead atoms. The Bertz CT molecular complexity index is 344. The minimum Gasteiger partial charge on any atom is -0.461 e. The number of nitrogens with two attached hydrogens (primary N) is 1. The largest absolute Gasteiger partial charge is 0.461 e. The van der Waals surface area contributed by atoms with Crippen LogP contribution in [0.1, 0.15) is 31.3 Å². The molecule has 0 radical (unpaired) electrons. The van der Waals surface area contributed by atoms with Crippen LogP contribution in [-0.2, 0) is 11.3 Å². The van der Waals surface area contributed by atoms with E-state index in [0.29, 0.717) is 30.5 Å². The van der Waals surface area contributed by atoms with E-state index in [1.165, 1.54) is 6.20 Å². The lowest BCUT2D eigenvalue weighted by Gasteiger charge is -2.09. The van der Waals surface area contributed by atoms with Gasteiger partial charge in [-0.3, -0.25) is 4.68 Å². The van der Waals surface area contributed by atoms with Crippen LogP contribution in [0.5, 0.6) is 0 Å². The number of carbonyl (C=O) groups excluding carboxylic acids is 1. The summed E-state index contributed by atoms with van der Waals surface area (Å²) in [4.78, 5) is 11.6. The number of nitrogens with zero attached hydrogens (tertiary/aromatic N) is 2. The first kappa shape index (κ1) is 11.6.